The zero-order valence-corrected chi connectivity index (χ0v) is 10.7. The van der Waals surface area contributed by atoms with Gasteiger partial charge in [0, 0.05) is 24.9 Å². The SMILES string of the molecule is CCN(CCO)c1ccc(C(C#N)=CC(=O)O)cc1. The smallest absolute Gasteiger partial charge is 0.329 e. The van der Waals surface area contributed by atoms with Crippen molar-refractivity contribution in [3.8, 4) is 6.07 Å². The average Bonchev–Trinajstić information content (AvgIpc) is 2.42. The fourth-order valence-electron chi connectivity index (χ4n) is 1.75. The van der Waals surface area contributed by atoms with Crippen LogP contribution in [0.25, 0.3) is 5.57 Å². The van der Waals surface area contributed by atoms with Crippen LogP contribution in [0, 0.1) is 11.3 Å². The second-order valence-electron chi connectivity index (χ2n) is 3.86. The molecule has 1 aromatic rings. The topological polar surface area (TPSA) is 84.6 Å². The number of carbonyl (C=O) groups is 1. The predicted octanol–water partition coefficient (Wildman–Crippen LogP) is 1.50. The Labute approximate surface area is 112 Å². The molecule has 0 bridgehead atoms. The first kappa shape index (κ1) is 14.7. The second-order valence-corrected chi connectivity index (χ2v) is 3.86. The lowest BCUT2D eigenvalue weighted by atomic mass is 10.1. The maximum Gasteiger partial charge on any atom is 0.329 e. The standard InChI is InChI=1S/C14H16N2O3/c1-2-16(7-8-17)13-5-3-11(4-6-13)12(10-15)9-14(18)19/h3-6,9,17H,2,7-8H2,1H3,(H,18,19). The van der Waals surface area contributed by atoms with Gasteiger partial charge in [0.15, 0.2) is 0 Å². The van der Waals surface area contributed by atoms with Crippen LogP contribution in [0.1, 0.15) is 12.5 Å². The maximum absolute atomic E-state index is 10.6. The number of hydrogen-bond donors (Lipinski definition) is 2. The number of aliphatic carboxylic acids is 1. The molecule has 0 unspecified atom stereocenters. The van der Waals surface area contributed by atoms with E-state index in [2.05, 4.69) is 0 Å². The summed E-state index contributed by atoms with van der Waals surface area (Å²) in [6, 6.07) is 8.88. The number of carboxylic acids is 1. The predicted molar refractivity (Wildman–Crippen MR) is 72.6 cm³/mol. The van der Waals surface area contributed by atoms with Crippen molar-refractivity contribution in [2.75, 3.05) is 24.6 Å². The molecule has 1 aromatic carbocycles. The van der Waals surface area contributed by atoms with E-state index in [1.165, 1.54) is 0 Å². The first-order valence-electron chi connectivity index (χ1n) is 5.93. The number of benzene rings is 1. The van der Waals surface area contributed by atoms with E-state index in [9.17, 15) is 4.79 Å². The third-order valence-corrected chi connectivity index (χ3v) is 2.68. The van der Waals surface area contributed by atoms with Crippen LogP contribution in [0.15, 0.2) is 30.3 Å². The molecule has 1 rings (SSSR count). The molecule has 2 N–H and O–H groups in total. The Hall–Kier alpha value is -2.32. The fourth-order valence-corrected chi connectivity index (χ4v) is 1.75. The molecule has 0 aliphatic carbocycles. The zero-order valence-electron chi connectivity index (χ0n) is 10.7. The molecule has 0 aliphatic rings. The van der Waals surface area contributed by atoms with Crippen LogP contribution in [0.4, 0.5) is 5.69 Å². The van der Waals surface area contributed by atoms with Gasteiger partial charge >= 0.3 is 5.97 Å². The minimum absolute atomic E-state index is 0.0674. The molecular weight excluding hydrogens is 244 g/mol. The largest absolute Gasteiger partial charge is 0.478 e. The highest BCUT2D eigenvalue weighted by molar-refractivity contribution is 5.94. The van der Waals surface area contributed by atoms with E-state index < -0.39 is 5.97 Å². The van der Waals surface area contributed by atoms with Gasteiger partial charge in [-0.05, 0) is 24.6 Å². The zero-order chi connectivity index (χ0) is 14.3. The summed E-state index contributed by atoms with van der Waals surface area (Å²) in [6.07, 6.45) is 0.889. The van der Waals surface area contributed by atoms with Gasteiger partial charge in [-0.2, -0.15) is 5.26 Å². The third-order valence-electron chi connectivity index (χ3n) is 2.68. The van der Waals surface area contributed by atoms with Gasteiger partial charge in [0.1, 0.15) is 6.07 Å². The Morgan fingerprint density at radius 2 is 2.05 bits per heavy atom. The molecule has 100 valence electrons. The number of allylic oxidation sites excluding steroid dienone is 1. The molecule has 5 nitrogen and oxygen atoms in total. The monoisotopic (exact) mass is 260 g/mol. The summed E-state index contributed by atoms with van der Waals surface area (Å²) in [5.74, 6) is -1.14. The number of anilines is 1. The normalized spacial score (nSPS) is 10.9. The Kier molecular flexibility index (Phi) is 5.58. The van der Waals surface area contributed by atoms with Crippen molar-refractivity contribution in [2.24, 2.45) is 0 Å². The highest BCUT2D eigenvalue weighted by Gasteiger charge is 2.06. The van der Waals surface area contributed by atoms with Gasteiger partial charge in [-0.1, -0.05) is 12.1 Å². The Bertz CT molecular complexity index is 500. The lowest BCUT2D eigenvalue weighted by Crippen LogP contribution is -2.25. The minimum Gasteiger partial charge on any atom is -0.478 e. The molecular formula is C14H16N2O3. The van der Waals surface area contributed by atoms with Crippen LogP contribution in [0.5, 0.6) is 0 Å². The molecule has 0 aromatic heterocycles. The van der Waals surface area contributed by atoms with Crippen molar-refractivity contribution in [3.05, 3.63) is 35.9 Å². The van der Waals surface area contributed by atoms with Gasteiger partial charge in [0.2, 0.25) is 0 Å². The average molecular weight is 260 g/mol. The summed E-state index contributed by atoms with van der Waals surface area (Å²) >= 11 is 0. The summed E-state index contributed by atoms with van der Waals surface area (Å²) in [5.41, 5.74) is 1.60. The number of carboxylic acid groups (broad SMARTS) is 1. The van der Waals surface area contributed by atoms with E-state index in [0.717, 1.165) is 18.3 Å². The summed E-state index contributed by atoms with van der Waals surface area (Å²) < 4.78 is 0. The Balaban J connectivity index is 2.98. The van der Waals surface area contributed by atoms with Gasteiger partial charge in [-0.3, -0.25) is 0 Å². The highest BCUT2D eigenvalue weighted by atomic mass is 16.4. The van der Waals surface area contributed by atoms with Crippen LogP contribution in [0.2, 0.25) is 0 Å². The maximum atomic E-state index is 10.6. The van der Waals surface area contributed by atoms with Crippen molar-refractivity contribution in [3.63, 3.8) is 0 Å². The number of rotatable bonds is 6. The van der Waals surface area contributed by atoms with Crippen LogP contribution in [0.3, 0.4) is 0 Å². The third kappa shape index (κ3) is 4.12. The molecule has 0 fully saturated rings. The number of aliphatic hydroxyl groups excluding tert-OH is 1. The van der Waals surface area contributed by atoms with Crippen LogP contribution in [-0.2, 0) is 4.79 Å². The van der Waals surface area contributed by atoms with Gasteiger partial charge in [-0.25, -0.2) is 4.79 Å². The van der Waals surface area contributed by atoms with Crippen molar-refractivity contribution in [2.45, 2.75) is 6.92 Å². The number of nitriles is 1. The number of likely N-dealkylation sites (N-methyl/N-ethyl adjacent to an activating group) is 1. The number of aliphatic hydroxyl groups is 1. The van der Waals surface area contributed by atoms with Crippen LogP contribution in [-0.4, -0.2) is 35.9 Å². The van der Waals surface area contributed by atoms with Gasteiger partial charge in [0.25, 0.3) is 0 Å². The first-order valence-corrected chi connectivity index (χ1v) is 5.93. The van der Waals surface area contributed by atoms with E-state index in [4.69, 9.17) is 15.5 Å². The summed E-state index contributed by atoms with van der Waals surface area (Å²) in [4.78, 5) is 12.6. The quantitative estimate of drug-likeness (QED) is 0.598. The summed E-state index contributed by atoms with van der Waals surface area (Å²) in [5, 5.41) is 26.5. The van der Waals surface area contributed by atoms with E-state index in [-0.39, 0.29) is 12.2 Å². The lowest BCUT2D eigenvalue weighted by Gasteiger charge is -2.22. The second kappa shape index (κ2) is 7.19. The van der Waals surface area contributed by atoms with Gasteiger partial charge in [-0.15, -0.1) is 0 Å². The molecule has 0 amide bonds. The summed E-state index contributed by atoms with van der Waals surface area (Å²) in [7, 11) is 0. The minimum atomic E-state index is -1.14. The Morgan fingerprint density at radius 3 is 2.47 bits per heavy atom. The lowest BCUT2D eigenvalue weighted by molar-refractivity contribution is -0.131. The molecule has 0 saturated heterocycles. The van der Waals surface area contributed by atoms with E-state index in [0.29, 0.717) is 12.1 Å². The van der Waals surface area contributed by atoms with Crippen LogP contribution >= 0.6 is 0 Å². The number of hydrogen-bond acceptors (Lipinski definition) is 4. The van der Waals surface area contributed by atoms with Crippen molar-refractivity contribution >= 4 is 17.2 Å². The Morgan fingerprint density at radius 1 is 1.42 bits per heavy atom. The molecule has 0 radical (unpaired) electrons. The fraction of sp³-hybridized carbons (Fsp3) is 0.286. The molecule has 0 saturated carbocycles. The van der Waals surface area contributed by atoms with Crippen molar-refractivity contribution in [1.82, 2.24) is 0 Å². The molecule has 0 atom stereocenters. The van der Waals surface area contributed by atoms with Crippen LogP contribution < -0.4 is 4.90 Å². The molecule has 5 heteroatoms. The first-order chi connectivity index (χ1) is 9.12. The molecule has 0 spiro atoms. The van der Waals surface area contributed by atoms with E-state index in [1.807, 2.05) is 30.0 Å². The molecule has 0 aliphatic heterocycles. The molecule has 0 heterocycles. The van der Waals surface area contributed by atoms with Gasteiger partial charge in [0.05, 0.1) is 12.2 Å². The van der Waals surface area contributed by atoms with Gasteiger partial charge < -0.3 is 15.1 Å². The summed E-state index contributed by atoms with van der Waals surface area (Å²) in [6.45, 7) is 3.34. The van der Waals surface area contributed by atoms with E-state index >= 15 is 0 Å². The highest BCUT2D eigenvalue weighted by Crippen LogP contribution is 2.19. The van der Waals surface area contributed by atoms with E-state index in [1.54, 1.807) is 12.1 Å². The van der Waals surface area contributed by atoms with Crippen molar-refractivity contribution in [1.29, 1.82) is 5.26 Å². The number of nitrogens with zero attached hydrogens (tertiary/aromatic N) is 2. The molecule has 19 heavy (non-hydrogen) atoms. The van der Waals surface area contributed by atoms with Crippen molar-refractivity contribution < 1.29 is 15.0 Å².